The summed E-state index contributed by atoms with van der Waals surface area (Å²) < 4.78 is 0. The van der Waals surface area contributed by atoms with E-state index in [-0.39, 0.29) is 0 Å². The molecular formula is C45H30. The number of rotatable bonds is 3. The van der Waals surface area contributed by atoms with Crippen molar-refractivity contribution < 1.29 is 0 Å². The van der Waals surface area contributed by atoms with Crippen LogP contribution in [0, 0.1) is 6.92 Å². The molecule has 0 atom stereocenters. The van der Waals surface area contributed by atoms with Crippen LogP contribution in [-0.2, 0) is 0 Å². The summed E-state index contributed by atoms with van der Waals surface area (Å²) in [4.78, 5) is 0. The molecule has 9 aromatic carbocycles. The maximum absolute atomic E-state index is 2.43. The van der Waals surface area contributed by atoms with Gasteiger partial charge < -0.3 is 0 Å². The van der Waals surface area contributed by atoms with Crippen LogP contribution in [0.15, 0.2) is 164 Å². The third-order valence-corrected chi connectivity index (χ3v) is 9.45. The van der Waals surface area contributed by atoms with Crippen molar-refractivity contribution in [2.75, 3.05) is 0 Å². The molecule has 0 aliphatic rings. The Morgan fingerprint density at radius 2 is 0.889 bits per heavy atom. The molecule has 0 saturated carbocycles. The largest absolute Gasteiger partial charge is 0.0616 e. The highest BCUT2D eigenvalue weighted by molar-refractivity contribution is 6.21. The summed E-state index contributed by atoms with van der Waals surface area (Å²) in [5.41, 5.74) is 8.83. The third-order valence-electron chi connectivity index (χ3n) is 9.45. The molecule has 0 aliphatic heterocycles. The van der Waals surface area contributed by atoms with E-state index in [0.29, 0.717) is 0 Å². The average Bonchev–Trinajstić information content (AvgIpc) is 3.09. The molecule has 0 radical (unpaired) electrons. The quantitative estimate of drug-likeness (QED) is 0.146. The number of fused-ring (bicyclic) bond motifs is 6. The summed E-state index contributed by atoms with van der Waals surface area (Å²) >= 11 is 0. The summed E-state index contributed by atoms with van der Waals surface area (Å²) in [6.45, 7) is 2.19. The van der Waals surface area contributed by atoms with Crippen molar-refractivity contribution in [3.63, 3.8) is 0 Å². The van der Waals surface area contributed by atoms with Gasteiger partial charge in [0, 0.05) is 0 Å². The Balaban J connectivity index is 1.54. The minimum Gasteiger partial charge on any atom is -0.0616 e. The molecule has 0 bridgehead atoms. The Bertz CT molecular complexity index is 2600. The molecule has 210 valence electrons. The first-order chi connectivity index (χ1) is 22.2. The van der Waals surface area contributed by atoms with E-state index >= 15 is 0 Å². The van der Waals surface area contributed by atoms with Crippen LogP contribution in [0.25, 0.3) is 87.2 Å². The molecule has 0 aliphatic carbocycles. The maximum Gasteiger partial charge on any atom is -0.00139 e. The lowest BCUT2D eigenvalue weighted by atomic mass is 9.80. The Morgan fingerprint density at radius 3 is 1.69 bits per heavy atom. The van der Waals surface area contributed by atoms with E-state index in [0.717, 1.165) is 0 Å². The number of benzene rings is 9. The van der Waals surface area contributed by atoms with E-state index in [4.69, 9.17) is 0 Å². The van der Waals surface area contributed by atoms with Crippen molar-refractivity contribution in [2.24, 2.45) is 0 Å². The van der Waals surface area contributed by atoms with Crippen LogP contribution in [0.1, 0.15) is 5.56 Å². The lowest BCUT2D eigenvalue weighted by Gasteiger charge is -2.22. The summed E-state index contributed by atoms with van der Waals surface area (Å²) in [6, 6.07) is 60.7. The van der Waals surface area contributed by atoms with Crippen LogP contribution in [-0.4, -0.2) is 0 Å². The highest BCUT2D eigenvalue weighted by Gasteiger charge is 2.22. The van der Waals surface area contributed by atoms with Gasteiger partial charge in [-0.3, -0.25) is 0 Å². The fraction of sp³-hybridized carbons (Fsp3) is 0.0222. The van der Waals surface area contributed by atoms with Gasteiger partial charge in [-0.05, 0) is 112 Å². The van der Waals surface area contributed by atoms with E-state index < -0.39 is 0 Å². The van der Waals surface area contributed by atoms with Gasteiger partial charge in [-0.1, -0.05) is 151 Å². The molecule has 9 rings (SSSR count). The second-order valence-corrected chi connectivity index (χ2v) is 12.2. The molecule has 0 aromatic heterocycles. The maximum atomic E-state index is 2.43. The monoisotopic (exact) mass is 570 g/mol. The van der Waals surface area contributed by atoms with E-state index in [1.807, 2.05) is 0 Å². The average molecular weight is 571 g/mol. The number of hydrogen-bond donors (Lipinski definition) is 0. The number of hydrogen-bond acceptors (Lipinski definition) is 0. The summed E-state index contributed by atoms with van der Waals surface area (Å²) in [6.07, 6.45) is 0. The fourth-order valence-corrected chi connectivity index (χ4v) is 7.39. The van der Waals surface area contributed by atoms with Crippen LogP contribution < -0.4 is 0 Å². The Hall–Kier alpha value is -5.72. The first-order valence-corrected chi connectivity index (χ1v) is 15.7. The Labute approximate surface area is 262 Å². The van der Waals surface area contributed by atoms with Crippen molar-refractivity contribution in [2.45, 2.75) is 6.92 Å². The minimum absolute atomic E-state index is 1.24. The standard InChI is InChI=1S/C45H30/c1-29-11-8-17-34(25-29)42-28-35-26-32-14-2-3-15-33(32)27-43(35)45(44(42)40-21-9-16-30-12-4-7-19-37(30)40)41-22-10-20-38-36-18-6-5-13-31(36)23-24-39(38)41/h2-28H,1H3. The van der Waals surface area contributed by atoms with E-state index in [2.05, 4.69) is 171 Å². The lowest BCUT2D eigenvalue weighted by Crippen LogP contribution is -1.95. The zero-order valence-corrected chi connectivity index (χ0v) is 25.1. The Morgan fingerprint density at radius 1 is 0.289 bits per heavy atom. The van der Waals surface area contributed by atoms with Gasteiger partial charge in [0.15, 0.2) is 0 Å². The van der Waals surface area contributed by atoms with Crippen molar-refractivity contribution in [1.82, 2.24) is 0 Å². The summed E-state index contributed by atoms with van der Waals surface area (Å²) in [7, 11) is 0. The minimum atomic E-state index is 1.24. The molecular weight excluding hydrogens is 540 g/mol. The SMILES string of the molecule is Cc1cccc(-c2cc3cc4ccccc4cc3c(-c3cccc4c3ccc3ccccc34)c2-c2cccc3ccccc23)c1. The van der Waals surface area contributed by atoms with E-state index in [9.17, 15) is 0 Å². The van der Waals surface area contributed by atoms with E-state index in [1.165, 1.54) is 92.8 Å². The topological polar surface area (TPSA) is 0 Å². The molecule has 0 amide bonds. The number of aryl methyl sites for hydroxylation is 1. The molecule has 0 N–H and O–H groups in total. The third kappa shape index (κ3) is 4.14. The smallest absolute Gasteiger partial charge is 0.00139 e. The highest BCUT2D eigenvalue weighted by Crippen LogP contribution is 2.49. The molecule has 0 heterocycles. The van der Waals surface area contributed by atoms with Gasteiger partial charge in [0.05, 0.1) is 0 Å². The zero-order valence-electron chi connectivity index (χ0n) is 25.1. The second-order valence-electron chi connectivity index (χ2n) is 12.2. The van der Waals surface area contributed by atoms with Gasteiger partial charge in [0.25, 0.3) is 0 Å². The highest BCUT2D eigenvalue weighted by atomic mass is 14.2. The van der Waals surface area contributed by atoms with Crippen LogP contribution in [0.2, 0.25) is 0 Å². The van der Waals surface area contributed by atoms with Crippen LogP contribution >= 0.6 is 0 Å². The first-order valence-electron chi connectivity index (χ1n) is 15.7. The van der Waals surface area contributed by atoms with Gasteiger partial charge in [-0.15, -0.1) is 0 Å². The predicted molar refractivity (Wildman–Crippen MR) is 195 cm³/mol. The zero-order chi connectivity index (χ0) is 29.9. The van der Waals surface area contributed by atoms with Gasteiger partial charge in [0.1, 0.15) is 0 Å². The molecule has 9 aromatic rings. The van der Waals surface area contributed by atoms with Crippen molar-refractivity contribution in [3.8, 4) is 33.4 Å². The predicted octanol–water partition coefficient (Wildman–Crippen LogP) is 12.8. The summed E-state index contributed by atoms with van der Waals surface area (Å²) in [5.74, 6) is 0. The van der Waals surface area contributed by atoms with Gasteiger partial charge in [-0.2, -0.15) is 0 Å². The molecule has 0 unspecified atom stereocenters. The van der Waals surface area contributed by atoms with Crippen molar-refractivity contribution >= 4 is 53.9 Å². The normalized spacial score (nSPS) is 11.7. The van der Waals surface area contributed by atoms with Gasteiger partial charge in [-0.25, -0.2) is 0 Å². The molecule has 0 saturated heterocycles. The first kappa shape index (κ1) is 25.7. The fourth-order valence-electron chi connectivity index (χ4n) is 7.39. The van der Waals surface area contributed by atoms with Crippen molar-refractivity contribution in [3.05, 3.63) is 169 Å². The van der Waals surface area contributed by atoms with Crippen LogP contribution in [0.5, 0.6) is 0 Å². The second kappa shape index (κ2) is 10.2. The van der Waals surface area contributed by atoms with Crippen molar-refractivity contribution in [1.29, 1.82) is 0 Å². The molecule has 0 heteroatoms. The lowest BCUT2D eigenvalue weighted by molar-refractivity contribution is 1.47. The van der Waals surface area contributed by atoms with Crippen LogP contribution in [0.4, 0.5) is 0 Å². The molecule has 0 spiro atoms. The van der Waals surface area contributed by atoms with E-state index in [1.54, 1.807) is 0 Å². The van der Waals surface area contributed by atoms with Gasteiger partial charge >= 0.3 is 0 Å². The molecule has 0 nitrogen and oxygen atoms in total. The molecule has 45 heavy (non-hydrogen) atoms. The molecule has 0 fully saturated rings. The summed E-state index contributed by atoms with van der Waals surface area (Å²) in [5, 5.41) is 12.7. The van der Waals surface area contributed by atoms with Gasteiger partial charge in [0.2, 0.25) is 0 Å². The Kier molecular flexibility index (Phi) is 5.83. The van der Waals surface area contributed by atoms with Crippen LogP contribution in [0.3, 0.4) is 0 Å².